The number of fused-ring (bicyclic) bond motifs is 1. The van der Waals surface area contributed by atoms with Crippen LogP contribution in [0.3, 0.4) is 0 Å². The first-order chi connectivity index (χ1) is 7.88. The highest BCUT2D eigenvalue weighted by Crippen LogP contribution is 2.38. The van der Waals surface area contributed by atoms with Crippen LogP contribution in [0.15, 0.2) is 18.2 Å². The lowest BCUT2D eigenvalue weighted by Crippen LogP contribution is -2.11. The molecule has 0 radical (unpaired) electrons. The van der Waals surface area contributed by atoms with E-state index in [0.717, 1.165) is 12.5 Å². The summed E-state index contributed by atoms with van der Waals surface area (Å²) in [4.78, 5) is 0. The van der Waals surface area contributed by atoms with Crippen LogP contribution < -0.4 is 5.32 Å². The Morgan fingerprint density at radius 1 is 1.29 bits per heavy atom. The smallest absolute Gasteiger partial charge is 0.0376 e. The summed E-state index contributed by atoms with van der Waals surface area (Å²) in [5, 5.41) is 3.53. The van der Waals surface area contributed by atoms with Gasteiger partial charge in [-0.25, -0.2) is 0 Å². The summed E-state index contributed by atoms with van der Waals surface area (Å²) in [5.41, 5.74) is 4.59. The van der Waals surface area contributed by atoms with Gasteiger partial charge in [0.15, 0.2) is 0 Å². The molecule has 1 aromatic carbocycles. The fourth-order valence-electron chi connectivity index (χ4n) is 2.65. The predicted octanol–water partition coefficient (Wildman–Crippen LogP) is 4.54. The van der Waals surface area contributed by atoms with Crippen LogP contribution in [0.4, 0.5) is 5.69 Å². The number of nitrogens with one attached hydrogen (secondary N) is 1. The van der Waals surface area contributed by atoms with Crippen LogP contribution in [0.1, 0.15) is 58.1 Å². The summed E-state index contributed by atoms with van der Waals surface area (Å²) in [6.45, 7) is 12.6. The molecule has 0 spiro atoms. The quantitative estimate of drug-likeness (QED) is 0.788. The van der Waals surface area contributed by atoms with Gasteiger partial charge in [-0.1, -0.05) is 46.8 Å². The Hall–Kier alpha value is -0.980. The van der Waals surface area contributed by atoms with E-state index in [1.165, 1.54) is 23.2 Å². The van der Waals surface area contributed by atoms with E-state index in [2.05, 4.69) is 58.1 Å². The fraction of sp³-hybridized carbons (Fsp3) is 0.625. The van der Waals surface area contributed by atoms with Gasteiger partial charge in [-0.2, -0.15) is 0 Å². The van der Waals surface area contributed by atoms with Crippen molar-refractivity contribution in [3.8, 4) is 0 Å². The highest BCUT2D eigenvalue weighted by Gasteiger charge is 2.25. The van der Waals surface area contributed by atoms with Gasteiger partial charge in [-0.05, 0) is 34.9 Å². The van der Waals surface area contributed by atoms with Gasteiger partial charge >= 0.3 is 0 Å². The van der Waals surface area contributed by atoms with E-state index in [1.54, 1.807) is 0 Å². The summed E-state index contributed by atoms with van der Waals surface area (Å²) in [5.74, 6) is 1.47. The number of hydrogen-bond donors (Lipinski definition) is 1. The highest BCUT2D eigenvalue weighted by atomic mass is 14.9. The SMILES string of the molecule is CC(C)CC1CNc2ccc(C(C)(C)C)cc21. The van der Waals surface area contributed by atoms with E-state index in [1.807, 2.05) is 0 Å². The average molecular weight is 231 g/mol. The summed E-state index contributed by atoms with van der Waals surface area (Å²) in [6.07, 6.45) is 1.29. The number of benzene rings is 1. The van der Waals surface area contributed by atoms with Gasteiger partial charge in [-0.15, -0.1) is 0 Å². The average Bonchev–Trinajstić information content (AvgIpc) is 2.59. The predicted molar refractivity (Wildman–Crippen MR) is 75.8 cm³/mol. The van der Waals surface area contributed by atoms with Crippen LogP contribution in [0.2, 0.25) is 0 Å². The second kappa shape index (κ2) is 4.36. The molecule has 0 fully saturated rings. The first kappa shape index (κ1) is 12.5. The molecule has 0 aromatic heterocycles. The molecular formula is C16H25N. The molecule has 1 aromatic rings. The molecule has 1 aliphatic heterocycles. The number of hydrogen-bond acceptors (Lipinski definition) is 1. The molecule has 1 N–H and O–H groups in total. The molecule has 94 valence electrons. The topological polar surface area (TPSA) is 12.0 Å². The third-order valence-electron chi connectivity index (χ3n) is 3.65. The minimum atomic E-state index is 0.250. The maximum Gasteiger partial charge on any atom is 0.0376 e. The van der Waals surface area contributed by atoms with Crippen molar-refractivity contribution in [3.63, 3.8) is 0 Å². The summed E-state index contributed by atoms with van der Waals surface area (Å²) >= 11 is 0. The van der Waals surface area contributed by atoms with Crippen LogP contribution in [0.5, 0.6) is 0 Å². The molecular weight excluding hydrogens is 206 g/mol. The minimum absolute atomic E-state index is 0.250. The zero-order valence-electron chi connectivity index (χ0n) is 11.8. The normalized spacial score (nSPS) is 19.3. The first-order valence-electron chi connectivity index (χ1n) is 6.76. The minimum Gasteiger partial charge on any atom is -0.384 e. The van der Waals surface area contributed by atoms with Crippen LogP contribution >= 0.6 is 0 Å². The van der Waals surface area contributed by atoms with Crippen LogP contribution in [-0.4, -0.2) is 6.54 Å². The lowest BCUT2D eigenvalue weighted by molar-refractivity contribution is 0.521. The summed E-state index contributed by atoms with van der Waals surface area (Å²) < 4.78 is 0. The zero-order valence-corrected chi connectivity index (χ0v) is 11.8. The van der Waals surface area contributed by atoms with E-state index in [0.29, 0.717) is 5.92 Å². The maximum atomic E-state index is 3.53. The van der Waals surface area contributed by atoms with E-state index in [-0.39, 0.29) is 5.41 Å². The zero-order chi connectivity index (χ0) is 12.6. The van der Waals surface area contributed by atoms with Gasteiger partial charge in [0, 0.05) is 18.2 Å². The molecule has 2 rings (SSSR count). The fourth-order valence-corrected chi connectivity index (χ4v) is 2.65. The Morgan fingerprint density at radius 2 is 2.00 bits per heavy atom. The monoisotopic (exact) mass is 231 g/mol. The molecule has 0 saturated heterocycles. The van der Waals surface area contributed by atoms with Crippen molar-refractivity contribution in [2.75, 3.05) is 11.9 Å². The Kier molecular flexibility index (Phi) is 3.20. The molecule has 0 amide bonds. The van der Waals surface area contributed by atoms with Crippen molar-refractivity contribution in [1.82, 2.24) is 0 Å². The second-order valence-corrected chi connectivity index (χ2v) is 6.76. The van der Waals surface area contributed by atoms with Crippen molar-refractivity contribution in [1.29, 1.82) is 0 Å². The van der Waals surface area contributed by atoms with E-state index >= 15 is 0 Å². The lowest BCUT2D eigenvalue weighted by Gasteiger charge is -2.21. The Bertz CT molecular complexity index is 398. The van der Waals surface area contributed by atoms with Gasteiger partial charge < -0.3 is 5.32 Å². The van der Waals surface area contributed by atoms with Crippen molar-refractivity contribution in [2.24, 2.45) is 5.92 Å². The lowest BCUT2D eigenvalue weighted by atomic mass is 9.83. The number of rotatable bonds is 2. The molecule has 0 aliphatic carbocycles. The molecule has 0 saturated carbocycles. The standard InChI is InChI=1S/C16H25N/c1-11(2)8-12-10-17-15-7-6-13(9-14(12)15)16(3,4)5/h6-7,9,11-12,17H,8,10H2,1-5H3. The Balaban J connectivity index is 2.31. The van der Waals surface area contributed by atoms with Crippen LogP contribution in [-0.2, 0) is 5.41 Å². The van der Waals surface area contributed by atoms with Crippen molar-refractivity contribution < 1.29 is 0 Å². The van der Waals surface area contributed by atoms with Crippen molar-refractivity contribution in [3.05, 3.63) is 29.3 Å². The third kappa shape index (κ3) is 2.65. The van der Waals surface area contributed by atoms with E-state index < -0.39 is 0 Å². The van der Waals surface area contributed by atoms with E-state index in [4.69, 9.17) is 0 Å². The van der Waals surface area contributed by atoms with Crippen molar-refractivity contribution >= 4 is 5.69 Å². The molecule has 1 heteroatoms. The molecule has 1 aliphatic rings. The molecule has 1 unspecified atom stereocenters. The van der Waals surface area contributed by atoms with E-state index in [9.17, 15) is 0 Å². The molecule has 0 bridgehead atoms. The van der Waals surface area contributed by atoms with Gasteiger partial charge in [0.1, 0.15) is 0 Å². The van der Waals surface area contributed by atoms with Gasteiger partial charge in [0.25, 0.3) is 0 Å². The highest BCUT2D eigenvalue weighted by molar-refractivity contribution is 5.59. The van der Waals surface area contributed by atoms with Crippen molar-refractivity contribution in [2.45, 2.75) is 52.4 Å². The molecule has 1 heterocycles. The molecule has 17 heavy (non-hydrogen) atoms. The second-order valence-electron chi connectivity index (χ2n) is 6.76. The van der Waals surface area contributed by atoms with Crippen LogP contribution in [0, 0.1) is 5.92 Å². The largest absolute Gasteiger partial charge is 0.384 e. The number of anilines is 1. The first-order valence-corrected chi connectivity index (χ1v) is 6.76. The Labute approximate surface area is 106 Å². The summed E-state index contributed by atoms with van der Waals surface area (Å²) in [6, 6.07) is 6.95. The van der Waals surface area contributed by atoms with Gasteiger partial charge in [0.2, 0.25) is 0 Å². The molecule has 1 atom stereocenters. The third-order valence-corrected chi connectivity index (χ3v) is 3.65. The molecule has 1 nitrogen and oxygen atoms in total. The van der Waals surface area contributed by atoms with Gasteiger partial charge in [0.05, 0.1) is 0 Å². The van der Waals surface area contributed by atoms with Gasteiger partial charge in [-0.3, -0.25) is 0 Å². The Morgan fingerprint density at radius 3 is 2.59 bits per heavy atom. The van der Waals surface area contributed by atoms with Crippen LogP contribution in [0.25, 0.3) is 0 Å². The maximum absolute atomic E-state index is 3.53. The summed E-state index contributed by atoms with van der Waals surface area (Å²) in [7, 11) is 0.